The van der Waals surface area contributed by atoms with Crippen molar-refractivity contribution in [3.8, 4) is 0 Å². The molecule has 0 radical (unpaired) electrons. The summed E-state index contributed by atoms with van der Waals surface area (Å²) >= 11 is 0. The zero-order valence-electron chi connectivity index (χ0n) is 16.1. The third-order valence-corrected chi connectivity index (χ3v) is 4.96. The summed E-state index contributed by atoms with van der Waals surface area (Å²) in [7, 11) is 3.52. The lowest BCUT2D eigenvalue weighted by Gasteiger charge is -2.23. The third kappa shape index (κ3) is 9.10. The van der Waals surface area contributed by atoms with Gasteiger partial charge < -0.3 is 20.3 Å². The van der Waals surface area contributed by atoms with Crippen LogP contribution in [0.2, 0.25) is 0 Å². The zero-order chi connectivity index (χ0) is 17.9. The van der Waals surface area contributed by atoms with Crippen molar-refractivity contribution >= 4 is 11.9 Å². The van der Waals surface area contributed by atoms with E-state index in [1.165, 1.54) is 44.9 Å². The van der Waals surface area contributed by atoms with Gasteiger partial charge in [-0.2, -0.15) is 0 Å². The predicted octanol–water partition coefficient (Wildman–Crippen LogP) is 2.01. The second kappa shape index (κ2) is 11.3. The summed E-state index contributed by atoms with van der Waals surface area (Å²) in [5.74, 6) is 2.32. The molecular formula is C19H36N4O2. The lowest BCUT2D eigenvalue weighted by molar-refractivity contribution is -0.127. The normalized spacial score (nSPS) is 18.9. The highest BCUT2D eigenvalue weighted by Gasteiger charge is 2.20. The van der Waals surface area contributed by atoms with Crippen LogP contribution in [0.1, 0.15) is 51.4 Å². The van der Waals surface area contributed by atoms with E-state index >= 15 is 0 Å². The van der Waals surface area contributed by atoms with Gasteiger partial charge in [0.05, 0.1) is 0 Å². The predicted molar refractivity (Wildman–Crippen MR) is 102 cm³/mol. The highest BCUT2D eigenvalue weighted by atomic mass is 16.5. The van der Waals surface area contributed by atoms with Crippen LogP contribution in [0.15, 0.2) is 4.99 Å². The molecule has 2 fully saturated rings. The van der Waals surface area contributed by atoms with E-state index in [1.54, 1.807) is 19.0 Å². The van der Waals surface area contributed by atoms with Gasteiger partial charge in [0.1, 0.15) is 6.54 Å². The number of carbonyl (C=O) groups excluding carboxylic acids is 1. The standard InChI is InChI=1S/C19H36N4O2/c1-23(2)18(24)14-22-19(21-13-16-7-4-3-5-8-16)20-11-6-12-25-15-17-9-10-17/h16-17H,3-15H2,1-2H3,(H2,20,21,22). The monoisotopic (exact) mass is 352 g/mol. The van der Waals surface area contributed by atoms with Gasteiger partial charge >= 0.3 is 0 Å². The first kappa shape index (κ1) is 20.0. The highest BCUT2D eigenvalue weighted by molar-refractivity contribution is 5.84. The van der Waals surface area contributed by atoms with E-state index in [4.69, 9.17) is 4.74 Å². The number of aliphatic imine (C=N–C) groups is 1. The van der Waals surface area contributed by atoms with Crippen LogP contribution in [0.5, 0.6) is 0 Å². The third-order valence-electron chi connectivity index (χ3n) is 4.96. The lowest BCUT2D eigenvalue weighted by atomic mass is 9.89. The molecule has 0 spiro atoms. The number of carbonyl (C=O) groups is 1. The highest BCUT2D eigenvalue weighted by Crippen LogP contribution is 2.28. The van der Waals surface area contributed by atoms with E-state index in [0.717, 1.165) is 50.5 Å². The molecule has 0 heterocycles. The second-order valence-corrected chi connectivity index (χ2v) is 7.64. The minimum absolute atomic E-state index is 0.0199. The SMILES string of the molecule is CN(C)C(=O)CN=C(NCCCOCC1CC1)NCC1CCCCC1. The fourth-order valence-electron chi connectivity index (χ4n) is 3.01. The molecule has 2 rings (SSSR count). The molecule has 0 aromatic carbocycles. The maximum Gasteiger partial charge on any atom is 0.243 e. The molecule has 2 saturated carbocycles. The Labute approximate surface area is 152 Å². The van der Waals surface area contributed by atoms with Crippen LogP contribution >= 0.6 is 0 Å². The number of nitrogens with one attached hydrogen (secondary N) is 2. The average Bonchev–Trinajstić information content (AvgIpc) is 3.44. The number of amides is 1. The number of rotatable bonds is 10. The Morgan fingerprint density at radius 2 is 1.84 bits per heavy atom. The number of hydrogen-bond donors (Lipinski definition) is 2. The van der Waals surface area contributed by atoms with E-state index in [-0.39, 0.29) is 12.5 Å². The quantitative estimate of drug-likeness (QED) is 0.359. The van der Waals surface area contributed by atoms with Crippen molar-refractivity contribution in [3.63, 3.8) is 0 Å². The maximum absolute atomic E-state index is 11.8. The number of ether oxygens (including phenoxy) is 1. The van der Waals surface area contributed by atoms with Gasteiger partial charge in [-0.05, 0) is 43.9 Å². The van der Waals surface area contributed by atoms with Crippen molar-refractivity contribution in [2.24, 2.45) is 16.8 Å². The Kier molecular flexibility index (Phi) is 9.08. The number of nitrogens with zero attached hydrogens (tertiary/aromatic N) is 2. The van der Waals surface area contributed by atoms with Crippen LogP contribution in [0, 0.1) is 11.8 Å². The van der Waals surface area contributed by atoms with Crippen molar-refractivity contribution < 1.29 is 9.53 Å². The first-order chi connectivity index (χ1) is 12.1. The molecule has 144 valence electrons. The van der Waals surface area contributed by atoms with Gasteiger partial charge in [-0.25, -0.2) is 4.99 Å². The molecule has 0 aromatic heterocycles. The molecule has 0 aromatic rings. The summed E-state index contributed by atoms with van der Waals surface area (Å²) < 4.78 is 5.66. The molecule has 0 unspecified atom stereocenters. The molecule has 2 N–H and O–H groups in total. The molecule has 0 saturated heterocycles. The minimum atomic E-state index is 0.0199. The number of likely N-dealkylation sites (N-methyl/N-ethyl adjacent to an activating group) is 1. The van der Waals surface area contributed by atoms with Gasteiger partial charge in [0.15, 0.2) is 5.96 Å². The molecule has 25 heavy (non-hydrogen) atoms. The van der Waals surface area contributed by atoms with E-state index in [0.29, 0.717) is 0 Å². The topological polar surface area (TPSA) is 66.0 Å². The van der Waals surface area contributed by atoms with Crippen molar-refractivity contribution in [2.45, 2.75) is 51.4 Å². The first-order valence-corrected chi connectivity index (χ1v) is 9.95. The van der Waals surface area contributed by atoms with Crippen molar-refractivity contribution in [1.29, 1.82) is 0 Å². The molecule has 0 aliphatic heterocycles. The van der Waals surface area contributed by atoms with E-state index < -0.39 is 0 Å². The second-order valence-electron chi connectivity index (χ2n) is 7.64. The van der Waals surface area contributed by atoms with Crippen molar-refractivity contribution in [2.75, 3.05) is 46.9 Å². The Balaban J connectivity index is 1.67. The van der Waals surface area contributed by atoms with Crippen LogP contribution in [-0.4, -0.2) is 63.7 Å². The summed E-state index contributed by atoms with van der Waals surface area (Å²) in [5.41, 5.74) is 0. The summed E-state index contributed by atoms with van der Waals surface area (Å²) in [6.45, 7) is 3.65. The zero-order valence-corrected chi connectivity index (χ0v) is 16.1. The molecule has 2 aliphatic carbocycles. The van der Waals surface area contributed by atoms with Gasteiger partial charge in [-0.1, -0.05) is 19.3 Å². The smallest absolute Gasteiger partial charge is 0.243 e. The lowest BCUT2D eigenvalue weighted by Crippen LogP contribution is -2.41. The fraction of sp³-hybridized carbons (Fsp3) is 0.895. The molecular weight excluding hydrogens is 316 g/mol. The van der Waals surface area contributed by atoms with Gasteiger partial charge in [-0.3, -0.25) is 4.79 Å². The van der Waals surface area contributed by atoms with Gasteiger partial charge in [-0.15, -0.1) is 0 Å². The van der Waals surface area contributed by atoms with Crippen LogP contribution < -0.4 is 10.6 Å². The van der Waals surface area contributed by atoms with Gasteiger partial charge in [0.2, 0.25) is 5.91 Å². The Morgan fingerprint density at radius 1 is 1.08 bits per heavy atom. The first-order valence-electron chi connectivity index (χ1n) is 9.95. The van der Waals surface area contributed by atoms with Crippen LogP contribution in [0.25, 0.3) is 0 Å². The fourth-order valence-corrected chi connectivity index (χ4v) is 3.01. The summed E-state index contributed by atoms with van der Waals surface area (Å²) in [6, 6.07) is 0. The number of guanidine groups is 1. The maximum atomic E-state index is 11.8. The van der Waals surface area contributed by atoms with Gasteiger partial charge in [0.25, 0.3) is 0 Å². The van der Waals surface area contributed by atoms with Crippen molar-refractivity contribution in [3.05, 3.63) is 0 Å². The molecule has 0 bridgehead atoms. The minimum Gasteiger partial charge on any atom is -0.381 e. The summed E-state index contributed by atoms with van der Waals surface area (Å²) in [4.78, 5) is 17.8. The van der Waals surface area contributed by atoms with Crippen LogP contribution in [0.3, 0.4) is 0 Å². The van der Waals surface area contributed by atoms with Crippen molar-refractivity contribution in [1.82, 2.24) is 15.5 Å². The summed E-state index contributed by atoms with van der Waals surface area (Å²) in [5, 5.41) is 6.78. The average molecular weight is 353 g/mol. The van der Waals surface area contributed by atoms with E-state index in [2.05, 4.69) is 15.6 Å². The Morgan fingerprint density at radius 3 is 2.52 bits per heavy atom. The van der Waals surface area contributed by atoms with E-state index in [9.17, 15) is 4.79 Å². The largest absolute Gasteiger partial charge is 0.381 e. The molecule has 1 amide bonds. The van der Waals surface area contributed by atoms with Crippen LogP contribution in [-0.2, 0) is 9.53 Å². The molecule has 6 heteroatoms. The molecule has 6 nitrogen and oxygen atoms in total. The Hall–Kier alpha value is -1.30. The van der Waals surface area contributed by atoms with E-state index in [1.807, 2.05) is 0 Å². The Bertz CT molecular complexity index is 416. The summed E-state index contributed by atoms with van der Waals surface area (Å²) in [6.07, 6.45) is 10.3. The molecule has 2 aliphatic rings. The number of hydrogen-bond acceptors (Lipinski definition) is 3. The van der Waals surface area contributed by atoms with Gasteiger partial charge in [0, 0.05) is 40.4 Å². The molecule has 0 atom stereocenters. The van der Waals surface area contributed by atoms with Crippen LogP contribution in [0.4, 0.5) is 0 Å².